The Morgan fingerprint density at radius 3 is 2.64 bits per heavy atom. The number of carbonyl (C=O) groups is 1. The minimum absolute atomic E-state index is 0.101. The molecule has 0 spiro atoms. The molecule has 0 radical (unpaired) electrons. The summed E-state index contributed by atoms with van der Waals surface area (Å²) in [5, 5.41) is 18.0. The van der Waals surface area contributed by atoms with Crippen molar-refractivity contribution in [2.24, 2.45) is 12.1 Å². The van der Waals surface area contributed by atoms with E-state index >= 15 is 0 Å². The molecular weight excluding hydrogens is 360 g/mol. The Morgan fingerprint density at radius 2 is 1.89 bits per heavy atom. The first-order valence-electron chi connectivity index (χ1n) is 8.76. The third-order valence-corrected chi connectivity index (χ3v) is 5.00. The molecule has 142 valence electrons. The highest BCUT2D eigenvalue weighted by molar-refractivity contribution is 6.04. The number of nitrogens with one attached hydrogen (secondary N) is 1. The maximum Gasteiger partial charge on any atom is 0.330 e. The average Bonchev–Trinajstić information content (AvgIpc) is 3.11. The number of carbonyl (C=O) groups excluding carboxylic acids is 1. The van der Waals surface area contributed by atoms with Crippen molar-refractivity contribution >= 4 is 22.4 Å². The third-order valence-electron chi connectivity index (χ3n) is 5.00. The molecule has 2 heterocycles. The minimum Gasteiger partial charge on any atom is -0.494 e. The largest absolute Gasteiger partial charge is 0.494 e. The third kappa shape index (κ3) is 2.70. The summed E-state index contributed by atoms with van der Waals surface area (Å²) in [5.41, 5.74) is -0.411. The van der Waals surface area contributed by atoms with Crippen molar-refractivity contribution in [3.05, 3.63) is 74.4 Å². The van der Waals surface area contributed by atoms with Gasteiger partial charge in [-0.2, -0.15) is 5.10 Å². The van der Waals surface area contributed by atoms with Gasteiger partial charge < -0.3 is 5.11 Å². The lowest BCUT2D eigenvalue weighted by atomic mass is 9.94. The zero-order chi connectivity index (χ0) is 20.0. The molecule has 28 heavy (non-hydrogen) atoms. The summed E-state index contributed by atoms with van der Waals surface area (Å²) in [7, 11) is 1.34. The van der Waals surface area contributed by atoms with Gasteiger partial charge in [-0.3, -0.25) is 19.1 Å². The molecule has 8 nitrogen and oxygen atoms in total. The van der Waals surface area contributed by atoms with E-state index in [1.165, 1.54) is 19.0 Å². The molecular formula is C20H18N4O4. The first-order chi connectivity index (χ1) is 13.4. The van der Waals surface area contributed by atoms with E-state index in [1.807, 2.05) is 42.5 Å². The Hall–Kier alpha value is -3.68. The molecule has 4 rings (SSSR count). The number of aromatic amines is 1. The summed E-state index contributed by atoms with van der Waals surface area (Å²) in [6.45, 7) is 1.40. The number of hydrazone groups is 1. The standard InChI is InChI=1S/C20H18N4O4/c1-11(25)24-16(14-9-5-7-12-6-3-4-8-13(12)14)10-15(22-24)17-18(26)21-20(28)23(2)19(17)27/h3-9,16,27H,10H2,1-2H3,(H,21,26,28). The molecule has 1 unspecified atom stereocenters. The van der Waals surface area contributed by atoms with Crippen LogP contribution in [0.1, 0.15) is 30.5 Å². The van der Waals surface area contributed by atoms with E-state index in [0.29, 0.717) is 0 Å². The molecule has 0 saturated carbocycles. The fourth-order valence-electron chi connectivity index (χ4n) is 3.60. The second kappa shape index (κ2) is 6.49. The van der Waals surface area contributed by atoms with Gasteiger partial charge in [-0.15, -0.1) is 0 Å². The Balaban J connectivity index is 1.86. The van der Waals surface area contributed by atoms with Gasteiger partial charge in [0.05, 0.1) is 11.8 Å². The van der Waals surface area contributed by atoms with E-state index in [2.05, 4.69) is 10.1 Å². The summed E-state index contributed by atoms with van der Waals surface area (Å²) in [6, 6.07) is 13.2. The van der Waals surface area contributed by atoms with Gasteiger partial charge in [0.1, 0.15) is 5.56 Å². The fraction of sp³-hybridized carbons (Fsp3) is 0.200. The van der Waals surface area contributed by atoms with Crippen LogP contribution in [-0.2, 0) is 11.8 Å². The van der Waals surface area contributed by atoms with Crippen LogP contribution in [0, 0.1) is 0 Å². The molecule has 1 aliphatic heterocycles. The van der Waals surface area contributed by atoms with Gasteiger partial charge in [-0.05, 0) is 16.3 Å². The highest BCUT2D eigenvalue weighted by atomic mass is 16.3. The van der Waals surface area contributed by atoms with Crippen LogP contribution in [0.25, 0.3) is 10.8 Å². The molecule has 1 atom stereocenters. The Bertz CT molecular complexity index is 1250. The first-order valence-corrected chi connectivity index (χ1v) is 8.76. The predicted octanol–water partition coefficient (Wildman–Crippen LogP) is 1.63. The van der Waals surface area contributed by atoms with Crippen molar-refractivity contribution in [1.82, 2.24) is 14.6 Å². The number of hydrogen-bond acceptors (Lipinski definition) is 5. The lowest BCUT2D eigenvalue weighted by Crippen LogP contribution is -2.32. The van der Waals surface area contributed by atoms with Crippen molar-refractivity contribution in [3.8, 4) is 5.88 Å². The lowest BCUT2D eigenvalue weighted by Gasteiger charge is -2.22. The van der Waals surface area contributed by atoms with Crippen LogP contribution in [-0.4, -0.2) is 31.3 Å². The van der Waals surface area contributed by atoms with Gasteiger partial charge in [-0.25, -0.2) is 9.80 Å². The van der Waals surface area contributed by atoms with Gasteiger partial charge in [0.2, 0.25) is 11.8 Å². The van der Waals surface area contributed by atoms with Crippen LogP contribution >= 0.6 is 0 Å². The summed E-state index contributed by atoms with van der Waals surface area (Å²) >= 11 is 0. The van der Waals surface area contributed by atoms with Crippen LogP contribution < -0.4 is 11.2 Å². The van der Waals surface area contributed by atoms with E-state index in [-0.39, 0.29) is 23.6 Å². The van der Waals surface area contributed by atoms with E-state index in [0.717, 1.165) is 20.9 Å². The molecule has 1 amide bonds. The molecule has 0 bridgehead atoms. The van der Waals surface area contributed by atoms with Crippen LogP contribution in [0.5, 0.6) is 5.88 Å². The highest BCUT2D eigenvalue weighted by Gasteiger charge is 2.34. The maximum atomic E-state index is 12.3. The lowest BCUT2D eigenvalue weighted by molar-refractivity contribution is -0.130. The van der Waals surface area contributed by atoms with E-state index < -0.39 is 23.2 Å². The van der Waals surface area contributed by atoms with Crippen molar-refractivity contribution in [1.29, 1.82) is 0 Å². The Morgan fingerprint density at radius 1 is 1.18 bits per heavy atom. The smallest absolute Gasteiger partial charge is 0.330 e. The van der Waals surface area contributed by atoms with Crippen LogP contribution in [0.4, 0.5) is 0 Å². The summed E-state index contributed by atoms with van der Waals surface area (Å²) in [4.78, 5) is 38.4. The fourth-order valence-corrected chi connectivity index (χ4v) is 3.60. The molecule has 0 fully saturated rings. The predicted molar refractivity (Wildman–Crippen MR) is 104 cm³/mol. The Labute approximate surface area is 159 Å². The molecule has 1 aromatic heterocycles. The first kappa shape index (κ1) is 17.7. The minimum atomic E-state index is -0.735. The van der Waals surface area contributed by atoms with E-state index in [4.69, 9.17) is 0 Å². The summed E-state index contributed by atoms with van der Waals surface area (Å²) in [6.07, 6.45) is 0.239. The SMILES string of the molecule is CC(=O)N1N=C(c2c(O)n(C)c(=O)[nH]c2=O)CC1c1cccc2ccccc12. The van der Waals surface area contributed by atoms with Crippen molar-refractivity contribution in [2.75, 3.05) is 0 Å². The van der Waals surface area contributed by atoms with E-state index in [9.17, 15) is 19.5 Å². The number of amides is 1. The quantitative estimate of drug-likeness (QED) is 0.706. The highest BCUT2D eigenvalue weighted by Crippen LogP contribution is 2.36. The van der Waals surface area contributed by atoms with Gasteiger partial charge in [0, 0.05) is 20.4 Å². The van der Waals surface area contributed by atoms with Gasteiger partial charge in [0.25, 0.3) is 5.56 Å². The van der Waals surface area contributed by atoms with Crippen LogP contribution in [0.3, 0.4) is 0 Å². The molecule has 8 heteroatoms. The zero-order valence-electron chi connectivity index (χ0n) is 15.3. The number of fused-ring (bicyclic) bond motifs is 1. The molecule has 0 saturated heterocycles. The second-order valence-corrected chi connectivity index (χ2v) is 6.72. The molecule has 2 N–H and O–H groups in total. The summed E-state index contributed by atoms with van der Waals surface area (Å²) < 4.78 is 0.933. The average molecular weight is 378 g/mol. The van der Waals surface area contributed by atoms with Crippen molar-refractivity contribution < 1.29 is 9.90 Å². The number of hydrogen-bond donors (Lipinski definition) is 2. The molecule has 2 aromatic carbocycles. The number of rotatable bonds is 2. The van der Waals surface area contributed by atoms with E-state index in [1.54, 1.807) is 0 Å². The van der Waals surface area contributed by atoms with Gasteiger partial charge >= 0.3 is 5.69 Å². The number of aromatic hydroxyl groups is 1. The van der Waals surface area contributed by atoms with Crippen LogP contribution in [0.15, 0.2) is 57.2 Å². The molecule has 0 aliphatic carbocycles. The van der Waals surface area contributed by atoms with Crippen molar-refractivity contribution in [3.63, 3.8) is 0 Å². The number of benzene rings is 2. The summed E-state index contributed by atoms with van der Waals surface area (Å²) in [5.74, 6) is -0.761. The Kier molecular flexibility index (Phi) is 4.11. The van der Waals surface area contributed by atoms with Gasteiger partial charge in [0.15, 0.2) is 0 Å². The maximum absolute atomic E-state index is 12.3. The number of aromatic nitrogens is 2. The van der Waals surface area contributed by atoms with Crippen molar-refractivity contribution in [2.45, 2.75) is 19.4 Å². The normalized spacial score (nSPS) is 16.4. The molecule has 3 aromatic rings. The monoisotopic (exact) mass is 378 g/mol. The topological polar surface area (TPSA) is 108 Å². The van der Waals surface area contributed by atoms with Gasteiger partial charge in [-0.1, -0.05) is 42.5 Å². The number of H-pyrrole nitrogens is 1. The van der Waals surface area contributed by atoms with Crippen LogP contribution in [0.2, 0.25) is 0 Å². The zero-order valence-corrected chi connectivity index (χ0v) is 15.3. The number of nitrogens with zero attached hydrogens (tertiary/aromatic N) is 3. The molecule has 1 aliphatic rings. The second-order valence-electron chi connectivity index (χ2n) is 6.72.